The SMILES string of the molecule is C/C=C\O[C@H]1O/C(=C/O)[C@@H](O)[C@H](OCCCCCCCCCC)[C@H]1NC(=O)C(F)(F)F. The molecule has 1 aliphatic heterocycles. The molecule has 4 atom stereocenters. The average Bonchev–Trinajstić information content (AvgIpc) is 2.72. The third-order valence-corrected chi connectivity index (χ3v) is 4.84. The van der Waals surface area contributed by atoms with Crippen molar-refractivity contribution in [1.82, 2.24) is 5.32 Å². The molecule has 1 heterocycles. The van der Waals surface area contributed by atoms with E-state index in [2.05, 4.69) is 6.92 Å². The topological polar surface area (TPSA) is 97.2 Å². The van der Waals surface area contributed by atoms with Crippen LogP contribution in [0, 0.1) is 0 Å². The van der Waals surface area contributed by atoms with E-state index in [1.54, 1.807) is 12.2 Å². The minimum Gasteiger partial charge on any atom is -0.512 e. The Balaban J connectivity index is 2.74. The average molecular weight is 453 g/mol. The first kappa shape index (κ1) is 27.1. The van der Waals surface area contributed by atoms with Gasteiger partial charge in [-0.05, 0) is 13.3 Å². The normalized spacial score (nSPS) is 25.5. The van der Waals surface area contributed by atoms with Gasteiger partial charge in [-0.1, -0.05) is 57.9 Å². The van der Waals surface area contributed by atoms with Crippen LogP contribution in [0.15, 0.2) is 24.4 Å². The zero-order valence-corrected chi connectivity index (χ0v) is 18.1. The summed E-state index contributed by atoms with van der Waals surface area (Å²) in [5.74, 6) is -2.53. The summed E-state index contributed by atoms with van der Waals surface area (Å²) in [5, 5.41) is 21.5. The highest BCUT2D eigenvalue weighted by molar-refractivity contribution is 5.82. The summed E-state index contributed by atoms with van der Waals surface area (Å²) in [4.78, 5) is 11.5. The molecular formula is C21H34F3NO6. The van der Waals surface area contributed by atoms with E-state index in [1.807, 2.05) is 0 Å². The number of hydrogen-bond acceptors (Lipinski definition) is 6. The third-order valence-electron chi connectivity index (χ3n) is 4.84. The van der Waals surface area contributed by atoms with Gasteiger partial charge in [-0.3, -0.25) is 4.79 Å². The highest BCUT2D eigenvalue weighted by atomic mass is 19.4. The fourth-order valence-corrected chi connectivity index (χ4v) is 3.20. The molecule has 0 unspecified atom stereocenters. The van der Waals surface area contributed by atoms with E-state index in [1.165, 1.54) is 31.6 Å². The largest absolute Gasteiger partial charge is 0.512 e. The predicted octanol–water partition coefficient (Wildman–Crippen LogP) is 4.23. The van der Waals surface area contributed by atoms with Gasteiger partial charge >= 0.3 is 12.1 Å². The van der Waals surface area contributed by atoms with Crippen LogP contribution in [-0.2, 0) is 19.0 Å². The smallest absolute Gasteiger partial charge is 0.471 e. The van der Waals surface area contributed by atoms with Crippen LogP contribution in [0.5, 0.6) is 0 Å². The van der Waals surface area contributed by atoms with E-state index in [9.17, 15) is 28.2 Å². The number of nitrogens with one attached hydrogen (secondary N) is 1. The van der Waals surface area contributed by atoms with Crippen LogP contribution in [0.25, 0.3) is 0 Å². The van der Waals surface area contributed by atoms with Crippen LogP contribution in [0.1, 0.15) is 65.2 Å². The molecule has 1 amide bonds. The minimum absolute atomic E-state index is 0.157. The summed E-state index contributed by atoms with van der Waals surface area (Å²) < 4.78 is 54.5. The highest BCUT2D eigenvalue weighted by Gasteiger charge is 2.49. The monoisotopic (exact) mass is 453 g/mol. The van der Waals surface area contributed by atoms with E-state index >= 15 is 0 Å². The van der Waals surface area contributed by atoms with E-state index in [4.69, 9.17) is 14.2 Å². The van der Waals surface area contributed by atoms with E-state index in [0.29, 0.717) is 12.7 Å². The van der Waals surface area contributed by atoms with Gasteiger partial charge in [-0.15, -0.1) is 0 Å². The van der Waals surface area contributed by atoms with Crippen molar-refractivity contribution in [2.24, 2.45) is 0 Å². The number of aliphatic hydroxyl groups excluding tert-OH is 2. The van der Waals surface area contributed by atoms with Crippen molar-refractivity contribution in [3.8, 4) is 0 Å². The molecule has 180 valence electrons. The first-order valence-corrected chi connectivity index (χ1v) is 10.7. The number of aliphatic hydroxyl groups is 2. The molecule has 31 heavy (non-hydrogen) atoms. The molecule has 1 saturated heterocycles. The zero-order chi connectivity index (χ0) is 23.3. The molecule has 0 bridgehead atoms. The van der Waals surface area contributed by atoms with Gasteiger partial charge in [0, 0.05) is 6.61 Å². The summed E-state index contributed by atoms with van der Waals surface area (Å²) in [6.07, 6.45) is 2.03. The lowest BCUT2D eigenvalue weighted by Gasteiger charge is -2.41. The second kappa shape index (κ2) is 14.2. The molecular weight excluding hydrogens is 419 g/mol. The summed E-state index contributed by atoms with van der Waals surface area (Å²) in [6.45, 7) is 3.92. The molecule has 0 saturated carbocycles. The van der Waals surface area contributed by atoms with Gasteiger partial charge in [-0.2, -0.15) is 13.2 Å². The van der Waals surface area contributed by atoms with Crippen LogP contribution in [-0.4, -0.2) is 53.4 Å². The molecule has 0 aromatic heterocycles. The Morgan fingerprint density at radius 2 is 1.77 bits per heavy atom. The van der Waals surface area contributed by atoms with Crippen molar-refractivity contribution < 1.29 is 42.4 Å². The summed E-state index contributed by atoms with van der Waals surface area (Å²) in [7, 11) is 0. The first-order chi connectivity index (χ1) is 14.8. The van der Waals surface area contributed by atoms with Crippen molar-refractivity contribution in [2.75, 3.05) is 6.61 Å². The van der Waals surface area contributed by atoms with E-state index < -0.39 is 36.6 Å². The minimum atomic E-state index is -5.13. The highest BCUT2D eigenvalue weighted by Crippen LogP contribution is 2.28. The Bertz CT molecular complexity index is 582. The summed E-state index contributed by atoms with van der Waals surface area (Å²) in [5.41, 5.74) is 0. The van der Waals surface area contributed by atoms with Crippen molar-refractivity contribution in [3.05, 3.63) is 24.4 Å². The quantitative estimate of drug-likeness (QED) is 0.285. The molecule has 3 N–H and O–H groups in total. The molecule has 0 aromatic rings. The lowest BCUT2D eigenvalue weighted by molar-refractivity contribution is -0.207. The van der Waals surface area contributed by atoms with Crippen LogP contribution < -0.4 is 5.32 Å². The fraction of sp³-hybridized carbons (Fsp3) is 0.762. The van der Waals surface area contributed by atoms with Gasteiger partial charge in [-0.25, -0.2) is 0 Å². The molecule has 0 radical (unpaired) electrons. The van der Waals surface area contributed by atoms with Crippen LogP contribution in [0.3, 0.4) is 0 Å². The summed E-state index contributed by atoms with van der Waals surface area (Å²) >= 11 is 0. The Hall–Kier alpha value is -1.94. The Kier molecular flexibility index (Phi) is 12.4. The summed E-state index contributed by atoms with van der Waals surface area (Å²) in [6, 6.07) is -1.46. The van der Waals surface area contributed by atoms with Crippen molar-refractivity contribution in [1.29, 1.82) is 0 Å². The van der Waals surface area contributed by atoms with Crippen LogP contribution in [0.4, 0.5) is 13.2 Å². The van der Waals surface area contributed by atoms with Crippen molar-refractivity contribution in [3.63, 3.8) is 0 Å². The lowest BCUT2D eigenvalue weighted by atomic mass is 9.99. The number of alkyl halides is 3. The van der Waals surface area contributed by atoms with Gasteiger partial charge in [0.05, 0.1) is 6.26 Å². The van der Waals surface area contributed by atoms with E-state index in [0.717, 1.165) is 25.7 Å². The second-order valence-electron chi connectivity index (χ2n) is 7.38. The molecule has 1 aliphatic rings. The van der Waals surface area contributed by atoms with Gasteiger partial charge in [0.15, 0.2) is 5.76 Å². The van der Waals surface area contributed by atoms with Crippen molar-refractivity contribution >= 4 is 5.91 Å². The number of halogens is 3. The predicted molar refractivity (Wildman–Crippen MR) is 108 cm³/mol. The molecule has 0 spiro atoms. The number of rotatable bonds is 13. The number of hydrogen-bond donors (Lipinski definition) is 3. The van der Waals surface area contributed by atoms with Gasteiger partial charge in [0.1, 0.15) is 24.5 Å². The Morgan fingerprint density at radius 1 is 1.16 bits per heavy atom. The Morgan fingerprint density at radius 3 is 2.32 bits per heavy atom. The first-order valence-electron chi connectivity index (χ1n) is 10.7. The molecule has 0 aromatic carbocycles. The van der Waals surface area contributed by atoms with Crippen LogP contribution >= 0.6 is 0 Å². The van der Waals surface area contributed by atoms with Crippen LogP contribution in [0.2, 0.25) is 0 Å². The number of ether oxygens (including phenoxy) is 3. The number of unbranched alkanes of at least 4 members (excludes halogenated alkanes) is 7. The second-order valence-corrected chi connectivity index (χ2v) is 7.38. The number of carbonyl (C=O) groups excluding carboxylic acids is 1. The lowest BCUT2D eigenvalue weighted by Crippen LogP contribution is -2.62. The standard InChI is InChI=1S/C21H34F3NO6/c1-3-5-6-7-8-9-10-11-13-29-18-16(25-20(28)21(22,23)24)19(30-12-4-2)31-15(14-26)17(18)27/h4,12,14,16-19,26-27H,3,5-11,13H2,1-2H3,(H,25,28)/b12-4-,15-14+/t16-,17-,18-,19+/m1/s1. The van der Waals surface area contributed by atoms with Gasteiger partial charge < -0.3 is 29.7 Å². The molecule has 7 nitrogen and oxygen atoms in total. The molecule has 10 heteroatoms. The third kappa shape index (κ3) is 9.39. The zero-order valence-electron chi connectivity index (χ0n) is 18.1. The Labute approximate surface area is 181 Å². The van der Waals surface area contributed by atoms with E-state index in [-0.39, 0.29) is 12.4 Å². The maximum Gasteiger partial charge on any atom is 0.471 e. The number of allylic oxidation sites excluding steroid dienone is 1. The molecule has 1 rings (SSSR count). The van der Waals surface area contributed by atoms with Gasteiger partial charge in [0.2, 0.25) is 0 Å². The maximum atomic E-state index is 12.8. The number of amides is 1. The van der Waals surface area contributed by atoms with Gasteiger partial charge in [0.25, 0.3) is 6.29 Å². The van der Waals surface area contributed by atoms with Crippen molar-refractivity contribution in [2.45, 2.75) is 95.9 Å². The molecule has 0 aliphatic carbocycles. The molecule has 1 fully saturated rings. The fourth-order valence-electron chi connectivity index (χ4n) is 3.20. The number of carbonyl (C=O) groups is 1. The maximum absolute atomic E-state index is 12.8.